The number of nitrogens with two attached hydrogens (primary N) is 1. The van der Waals surface area contributed by atoms with Gasteiger partial charge in [-0.1, -0.05) is 30.3 Å². The van der Waals surface area contributed by atoms with E-state index in [-0.39, 0.29) is 0 Å². The third-order valence-corrected chi connectivity index (χ3v) is 2.16. The van der Waals surface area contributed by atoms with Gasteiger partial charge < -0.3 is 4.74 Å². The Morgan fingerprint density at radius 2 is 2.06 bits per heavy atom. The maximum atomic E-state index is 11.3. The van der Waals surface area contributed by atoms with Gasteiger partial charge in [-0.05, 0) is 18.6 Å². The maximum absolute atomic E-state index is 11.3. The number of esters is 1. The van der Waals surface area contributed by atoms with Gasteiger partial charge in [-0.3, -0.25) is 5.73 Å². The zero-order valence-electron chi connectivity index (χ0n) is 8.97. The average molecular weight is 240 g/mol. The van der Waals surface area contributed by atoms with Gasteiger partial charge in [-0.15, -0.1) is 11.6 Å². The van der Waals surface area contributed by atoms with Crippen LogP contribution < -0.4 is 5.73 Å². The van der Waals surface area contributed by atoms with E-state index in [0.29, 0.717) is 0 Å². The number of carbonyl (C=O) groups is 1. The normalized spacial score (nSPS) is 14.7. The third kappa shape index (κ3) is 4.47. The largest absolute Gasteiger partial charge is 0.442 e. The molecule has 2 N–H and O–H groups in total. The van der Waals surface area contributed by atoms with Gasteiger partial charge in [0.1, 0.15) is 0 Å². The lowest BCUT2D eigenvalue weighted by molar-refractivity contribution is -0.142. The van der Waals surface area contributed by atoms with Crippen LogP contribution in [0.5, 0.6) is 0 Å². The molecule has 1 rings (SSSR count). The van der Waals surface area contributed by atoms with E-state index in [4.69, 9.17) is 22.1 Å². The lowest BCUT2D eigenvalue weighted by Crippen LogP contribution is -2.33. The second-order valence-electron chi connectivity index (χ2n) is 3.32. The van der Waals surface area contributed by atoms with E-state index < -0.39 is 17.6 Å². The number of hydrogen-bond acceptors (Lipinski definition) is 3. The lowest BCUT2D eigenvalue weighted by atomic mass is 10.2. The van der Waals surface area contributed by atoms with Crippen molar-refractivity contribution >= 4 is 23.6 Å². The molecule has 0 aliphatic heterocycles. The van der Waals surface area contributed by atoms with Gasteiger partial charge in [0.2, 0.25) is 0 Å². The number of alkyl halides is 1. The molecule has 3 nitrogen and oxygen atoms in total. The smallest absolute Gasteiger partial charge is 0.332 e. The number of carbonyl (C=O) groups excluding carboxylic acids is 1. The van der Waals surface area contributed by atoms with Crippen LogP contribution >= 0.6 is 11.6 Å². The highest BCUT2D eigenvalue weighted by Crippen LogP contribution is 2.04. The molecule has 0 spiro atoms. The second-order valence-corrected chi connectivity index (χ2v) is 4.01. The van der Waals surface area contributed by atoms with Crippen LogP contribution in [0.15, 0.2) is 36.4 Å². The molecular weight excluding hydrogens is 226 g/mol. The molecule has 1 aromatic carbocycles. The number of hydrogen-bond donors (Lipinski definition) is 1. The summed E-state index contributed by atoms with van der Waals surface area (Å²) in [5, 5.41) is -0.408. The summed E-state index contributed by atoms with van der Waals surface area (Å²) in [6, 6.07) is 9.44. The van der Waals surface area contributed by atoms with Crippen LogP contribution in [-0.2, 0) is 9.53 Å². The fourth-order valence-corrected chi connectivity index (χ4v) is 1.05. The van der Waals surface area contributed by atoms with Crippen molar-refractivity contribution in [2.24, 2.45) is 5.73 Å². The molecule has 86 valence electrons. The summed E-state index contributed by atoms with van der Waals surface area (Å²) in [6.45, 7) is 1.67. The van der Waals surface area contributed by atoms with E-state index in [1.165, 1.54) is 6.08 Å². The number of halogens is 1. The molecule has 4 heteroatoms. The topological polar surface area (TPSA) is 52.3 Å². The first-order valence-corrected chi connectivity index (χ1v) is 5.36. The van der Waals surface area contributed by atoms with Gasteiger partial charge in [0.25, 0.3) is 0 Å². The quantitative estimate of drug-likeness (QED) is 0.379. The average Bonchev–Trinajstić information content (AvgIpc) is 2.27. The predicted octanol–water partition coefficient (Wildman–Crippen LogP) is 2.16. The molecule has 0 aliphatic rings. The molecule has 0 saturated heterocycles. The van der Waals surface area contributed by atoms with Crippen molar-refractivity contribution in [3.8, 4) is 0 Å². The maximum Gasteiger partial charge on any atom is 0.332 e. The summed E-state index contributed by atoms with van der Waals surface area (Å²) < 4.78 is 4.85. The van der Waals surface area contributed by atoms with Crippen molar-refractivity contribution in [2.75, 3.05) is 0 Å². The Morgan fingerprint density at radius 1 is 1.44 bits per heavy atom. The molecule has 0 bridgehead atoms. The van der Waals surface area contributed by atoms with Gasteiger partial charge in [0.15, 0.2) is 6.23 Å². The third-order valence-electron chi connectivity index (χ3n) is 1.92. The molecule has 0 aromatic heterocycles. The highest BCUT2D eigenvalue weighted by molar-refractivity contribution is 6.20. The van der Waals surface area contributed by atoms with Gasteiger partial charge in [0.05, 0.1) is 5.38 Å². The molecule has 0 fully saturated rings. The first kappa shape index (κ1) is 12.7. The second kappa shape index (κ2) is 6.30. The van der Waals surface area contributed by atoms with E-state index >= 15 is 0 Å². The Balaban J connectivity index is 2.49. The Morgan fingerprint density at radius 3 is 2.62 bits per heavy atom. The summed E-state index contributed by atoms with van der Waals surface area (Å²) in [7, 11) is 0. The Hall–Kier alpha value is -1.32. The van der Waals surface area contributed by atoms with Crippen LogP contribution in [-0.4, -0.2) is 17.6 Å². The van der Waals surface area contributed by atoms with Crippen LogP contribution in [0.25, 0.3) is 6.08 Å². The van der Waals surface area contributed by atoms with E-state index in [1.807, 2.05) is 30.3 Å². The molecule has 1 aromatic rings. The van der Waals surface area contributed by atoms with Crippen LogP contribution in [0.3, 0.4) is 0 Å². The van der Waals surface area contributed by atoms with E-state index in [2.05, 4.69) is 0 Å². The molecule has 0 aliphatic carbocycles. The van der Waals surface area contributed by atoms with Crippen molar-refractivity contribution in [2.45, 2.75) is 18.5 Å². The number of rotatable bonds is 4. The predicted molar refractivity (Wildman–Crippen MR) is 64.9 cm³/mol. The van der Waals surface area contributed by atoms with Crippen molar-refractivity contribution < 1.29 is 9.53 Å². The summed E-state index contributed by atoms with van der Waals surface area (Å²) >= 11 is 5.66. The van der Waals surface area contributed by atoms with Crippen molar-refractivity contribution in [1.29, 1.82) is 0 Å². The van der Waals surface area contributed by atoms with Crippen molar-refractivity contribution in [1.82, 2.24) is 0 Å². The van der Waals surface area contributed by atoms with Gasteiger partial charge in [0, 0.05) is 6.08 Å². The van der Waals surface area contributed by atoms with E-state index in [1.54, 1.807) is 13.0 Å². The Labute approximate surface area is 99.8 Å². The standard InChI is InChI=1S/C12H14ClNO2/c1-9(13)12(14)16-11(15)8-7-10-5-3-2-4-6-10/h2-9,12H,14H2,1H3. The zero-order valence-corrected chi connectivity index (χ0v) is 9.72. The first-order valence-electron chi connectivity index (χ1n) is 4.93. The molecule has 0 amide bonds. The van der Waals surface area contributed by atoms with Crippen LogP contribution in [0.2, 0.25) is 0 Å². The first-order chi connectivity index (χ1) is 7.59. The minimum Gasteiger partial charge on any atom is -0.442 e. The molecule has 2 unspecified atom stereocenters. The molecule has 0 heterocycles. The fourth-order valence-electron chi connectivity index (χ4n) is 0.996. The highest BCUT2D eigenvalue weighted by atomic mass is 35.5. The molecule has 0 radical (unpaired) electrons. The number of benzene rings is 1. The van der Waals surface area contributed by atoms with Crippen LogP contribution in [0.1, 0.15) is 12.5 Å². The molecular formula is C12H14ClNO2. The SMILES string of the molecule is CC(Cl)C(N)OC(=O)C=Cc1ccccc1. The summed E-state index contributed by atoms with van der Waals surface area (Å²) in [5.41, 5.74) is 6.40. The summed E-state index contributed by atoms with van der Waals surface area (Å²) in [4.78, 5) is 11.3. The molecule has 16 heavy (non-hydrogen) atoms. The Kier molecular flexibility index (Phi) is 5.02. The zero-order chi connectivity index (χ0) is 12.0. The number of ether oxygens (including phenoxy) is 1. The minimum atomic E-state index is -0.783. The molecule has 2 atom stereocenters. The molecule has 0 saturated carbocycles. The Bertz CT molecular complexity index is 363. The lowest BCUT2D eigenvalue weighted by Gasteiger charge is -2.13. The minimum absolute atomic E-state index is 0.408. The van der Waals surface area contributed by atoms with E-state index in [9.17, 15) is 4.79 Å². The van der Waals surface area contributed by atoms with Gasteiger partial charge >= 0.3 is 5.97 Å². The fraction of sp³-hybridized carbons (Fsp3) is 0.250. The van der Waals surface area contributed by atoms with Crippen molar-refractivity contribution in [3.63, 3.8) is 0 Å². The summed E-state index contributed by atoms with van der Waals surface area (Å²) in [6.07, 6.45) is 2.21. The van der Waals surface area contributed by atoms with E-state index in [0.717, 1.165) is 5.56 Å². The van der Waals surface area contributed by atoms with Crippen LogP contribution in [0, 0.1) is 0 Å². The summed E-state index contributed by atoms with van der Waals surface area (Å²) in [5.74, 6) is -0.496. The monoisotopic (exact) mass is 239 g/mol. The van der Waals surface area contributed by atoms with Gasteiger partial charge in [-0.25, -0.2) is 4.79 Å². The van der Waals surface area contributed by atoms with Gasteiger partial charge in [-0.2, -0.15) is 0 Å². The van der Waals surface area contributed by atoms with Crippen molar-refractivity contribution in [3.05, 3.63) is 42.0 Å². The van der Waals surface area contributed by atoms with Crippen LogP contribution in [0.4, 0.5) is 0 Å². The highest BCUT2D eigenvalue weighted by Gasteiger charge is 2.12.